The van der Waals surface area contributed by atoms with Crippen LogP contribution in [0.3, 0.4) is 0 Å². The summed E-state index contributed by atoms with van der Waals surface area (Å²) in [6.07, 6.45) is -4.76. The van der Waals surface area contributed by atoms with E-state index in [4.69, 9.17) is 18.9 Å². The van der Waals surface area contributed by atoms with E-state index in [1.54, 1.807) is 0 Å². The number of ether oxygens (including phenoxy) is 4. The fourth-order valence-corrected chi connectivity index (χ4v) is 2.55. The number of fused-ring (bicyclic) bond motifs is 1. The van der Waals surface area contributed by atoms with Gasteiger partial charge in [0, 0.05) is 12.7 Å². The van der Waals surface area contributed by atoms with Gasteiger partial charge in [0.2, 0.25) is 0 Å². The second kappa shape index (κ2) is 5.77. The smallest absolute Gasteiger partial charge is 0.186 e. The second-order valence-corrected chi connectivity index (χ2v) is 4.94. The minimum Gasteiger partial charge on any atom is -0.387 e. The molecule has 0 amide bonds. The van der Waals surface area contributed by atoms with Crippen molar-refractivity contribution in [3.05, 3.63) is 35.9 Å². The van der Waals surface area contributed by atoms with E-state index in [0.717, 1.165) is 5.56 Å². The molecule has 2 aliphatic rings. The first kappa shape index (κ1) is 13.9. The Balaban J connectivity index is 1.74. The van der Waals surface area contributed by atoms with Crippen molar-refractivity contribution in [3.63, 3.8) is 0 Å². The molecule has 2 heterocycles. The Morgan fingerprint density at radius 2 is 1.85 bits per heavy atom. The van der Waals surface area contributed by atoms with Crippen LogP contribution in [0.4, 0.5) is 0 Å². The molecule has 1 aromatic rings. The highest BCUT2D eigenvalue weighted by molar-refractivity contribution is 5.16. The zero-order valence-corrected chi connectivity index (χ0v) is 11.1. The summed E-state index contributed by atoms with van der Waals surface area (Å²) in [5, 5.41) is 20.1. The molecular weight excluding hydrogens is 264 g/mol. The minimum absolute atomic E-state index is 0.272. The third-order valence-electron chi connectivity index (χ3n) is 3.64. The molecule has 0 spiro atoms. The maximum atomic E-state index is 10.1. The summed E-state index contributed by atoms with van der Waals surface area (Å²) in [7, 11) is 1.41. The van der Waals surface area contributed by atoms with Crippen LogP contribution in [0.5, 0.6) is 0 Å². The second-order valence-electron chi connectivity index (χ2n) is 4.94. The summed E-state index contributed by atoms with van der Waals surface area (Å²) in [4.78, 5) is 0. The monoisotopic (exact) mass is 282 g/mol. The SMILES string of the molecule is CO[C@H]1O[C@@H]2CO[C@@H](c3ccccc3)O[C@@H]2[C@H](O)[C@@H]1O. The zero-order chi connectivity index (χ0) is 14.1. The van der Waals surface area contributed by atoms with Crippen LogP contribution < -0.4 is 0 Å². The third kappa shape index (κ3) is 2.46. The van der Waals surface area contributed by atoms with Gasteiger partial charge in [0.25, 0.3) is 0 Å². The van der Waals surface area contributed by atoms with E-state index in [9.17, 15) is 10.2 Å². The molecule has 6 nitrogen and oxygen atoms in total. The molecule has 0 saturated carbocycles. The Labute approximate surface area is 116 Å². The van der Waals surface area contributed by atoms with Crippen molar-refractivity contribution < 1.29 is 29.2 Å². The van der Waals surface area contributed by atoms with Gasteiger partial charge in [0.05, 0.1) is 6.61 Å². The molecule has 6 heteroatoms. The lowest BCUT2D eigenvalue weighted by Gasteiger charge is -2.45. The first-order chi connectivity index (χ1) is 9.70. The van der Waals surface area contributed by atoms with Crippen LogP contribution in [-0.4, -0.2) is 54.6 Å². The zero-order valence-electron chi connectivity index (χ0n) is 11.1. The number of aliphatic hydroxyl groups excluding tert-OH is 2. The largest absolute Gasteiger partial charge is 0.387 e. The van der Waals surface area contributed by atoms with Crippen LogP contribution in [0, 0.1) is 0 Å². The standard InChI is InChI=1S/C14H18O6/c1-17-14-11(16)10(15)12-9(19-14)7-18-13(20-12)8-5-3-2-4-6-8/h2-6,9-16H,7H2,1H3/t9-,10-,11+,12+,13-,14+/m1/s1. The quantitative estimate of drug-likeness (QED) is 0.806. The van der Waals surface area contributed by atoms with Crippen molar-refractivity contribution in [3.8, 4) is 0 Å². The van der Waals surface area contributed by atoms with Gasteiger partial charge in [-0.1, -0.05) is 30.3 Å². The van der Waals surface area contributed by atoms with E-state index < -0.39 is 37.0 Å². The van der Waals surface area contributed by atoms with Crippen LogP contribution in [0.1, 0.15) is 11.9 Å². The first-order valence-electron chi connectivity index (χ1n) is 6.57. The van der Waals surface area contributed by atoms with Crippen LogP contribution >= 0.6 is 0 Å². The minimum atomic E-state index is -1.14. The molecule has 2 N–H and O–H groups in total. The fraction of sp³-hybridized carbons (Fsp3) is 0.571. The molecule has 6 atom stereocenters. The van der Waals surface area contributed by atoms with Crippen molar-refractivity contribution >= 4 is 0 Å². The summed E-state index contributed by atoms with van der Waals surface area (Å²) in [5.41, 5.74) is 0.863. The van der Waals surface area contributed by atoms with Gasteiger partial charge in [-0.25, -0.2) is 0 Å². The number of hydrogen-bond donors (Lipinski definition) is 2. The highest BCUT2D eigenvalue weighted by atomic mass is 16.7. The number of rotatable bonds is 2. The predicted octanol–water partition coefficient (Wildman–Crippen LogP) is 0.194. The Morgan fingerprint density at radius 3 is 2.55 bits per heavy atom. The van der Waals surface area contributed by atoms with Crippen molar-refractivity contribution in [1.29, 1.82) is 0 Å². The highest BCUT2D eigenvalue weighted by Crippen LogP contribution is 2.33. The normalized spacial score (nSPS) is 41.1. The van der Waals surface area contributed by atoms with Gasteiger partial charge in [0.1, 0.15) is 24.4 Å². The molecule has 0 unspecified atom stereocenters. The molecule has 2 aliphatic heterocycles. The summed E-state index contributed by atoms with van der Waals surface area (Å²) < 4.78 is 21.9. The van der Waals surface area contributed by atoms with Gasteiger partial charge >= 0.3 is 0 Å². The van der Waals surface area contributed by atoms with Gasteiger partial charge in [-0.2, -0.15) is 0 Å². The number of benzene rings is 1. The summed E-state index contributed by atoms with van der Waals surface area (Å²) >= 11 is 0. The maximum absolute atomic E-state index is 10.1. The summed E-state index contributed by atoms with van der Waals surface area (Å²) in [5.74, 6) is 0. The van der Waals surface area contributed by atoms with Gasteiger partial charge in [-0.15, -0.1) is 0 Å². The first-order valence-corrected chi connectivity index (χ1v) is 6.57. The Morgan fingerprint density at radius 1 is 1.10 bits per heavy atom. The summed E-state index contributed by atoms with van der Waals surface area (Å²) in [6.45, 7) is 0.272. The lowest BCUT2D eigenvalue weighted by Crippen LogP contribution is -2.62. The average Bonchev–Trinajstić information content (AvgIpc) is 2.51. The molecule has 110 valence electrons. The predicted molar refractivity (Wildman–Crippen MR) is 67.7 cm³/mol. The van der Waals surface area contributed by atoms with Crippen molar-refractivity contribution in [2.24, 2.45) is 0 Å². The van der Waals surface area contributed by atoms with Crippen LogP contribution in [0.25, 0.3) is 0 Å². The van der Waals surface area contributed by atoms with Gasteiger partial charge < -0.3 is 29.2 Å². The van der Waals surface area contributed by atoms with Crippen LogP contribution in [-0.2, 0) is 18.9 Å². The van der Waals surface area contributed by atoms with Crippen LogP contribution in [0.15, 0.2) is 30.3 Å². The molecule has 20 heavy (non-hydrogen) atoms. The van der Waals surface area contributed by atoms with Crippen LogP contribution in [0.2, 0.25) is 0 Å². The molecular formula is C14H18O6. The third-order valence-corrected chi connectivity index (χ3v) is 3.64. The van der Waals surface area contributed by atoms with E-state index in [2.05, 4.69) is 0 Å². The van der Waals surface area contributed by atoms with Crippen molar-refractivity contribution in [1.82, 2.24) is 0 Å². The Bertz CT molecular complexity index is 437. The van der Waals surface area contributed by atoms with Crippen molar-refractivity contribution in [2.45, 2.75) is 37.0 Å². The van der Waals surface area contributed by atoms with E-state index in [0.29, 0.717) is 0 Å². The van der Waals surface area contributed by atoms with Gasteiger partial charge in [-0.3, -0.25) is 0 Å². The molecule has 2 fully saturated rings. The number of methoxy groups -OCH3 is 1. The van der Waals surface area contributed by atoms with Gasteiger partial charge in [0.15, 0.2) is 12.6 Å². The number of aliphatic hydroxyl groups is 2. The highest BCUT2D eigenvalue weighted by Gasteiger charge is 2.48. The molecule has 0 bridgehead atoms. The van der Waals surface area contributed by atoms with E-state index >= 15 is 0 Å². The molecule has 1 aromatic carbocycles. The Kier molecular flexibility index (Phi) is 4.02. The lowest BCUT2D eigenvalue weighted by atomic mass is 9.98. The molecule has 0 aliphatic carbocycles. The maximum Gasteiger partial charge on any atom is 0.186 e. The van der Waals surface area contributed by atoms with E-state index in [-0.39, 0.29) is 6.61 Å². The molecule has 0 aromatic heterocycles. The number of hydrogen-bond acceptors (Lipinski definition) is 6. The van der Waals surface area contributed by atoms with Gasteiger partial charge in [-0.05, 0) is 0 Å². The molecule has 2 saturated heterocycles. The molecule has 3 rings (SSSR count). The van der Waals surface area contributed by atoms with E-state index in [1.807, 2.05) is 30.3 Å². The molecule has 0 radical (unpaired) electrons. The summed E-state index contributed by atoms with van der Waals surface area (Å²) in [6, 6.07) is 9.45. The lowest BCUT2D eigenvalue weighted by molar-refractivity contribution is -0.358. The Hall–Kier alpha value is -1.02. The topological polar surface area (TPSA) is 77.4 Å². The fourth-order valence-electron chi connectivity index (χ4n) is 2.55. The van der Waals surface area contributed by atoms with Crippen molar-refractivity contribution in [2.75, 3.05) is 13.7 Å². The van der Waals surface area contributed by atoms with E-state index in [1.165, 1.54) is 7.11 Å². The average molecular weight is 282 g/mol.